The molecule has 0 bridgehead atoms. The van der Waals surface area contributed by atoms with Gasteiger partial charge in [0.2, 0.25) is 0 Å². The second-order valence-corrected chi connectivity index (χ2v) is 3.67. The van der Waals surface area contributed by atoms with E-state index in [1.807, 2.05) is 12.1 Å². The summed E-state index contributed by atoms with van der Waals surface area (Å²) in [6.45, 7) is 0. The van der Waals surface area contributed by atoms with Crippen LogP contribution in [0, 0.1) is 42.8 Å². The summed E-state index contributed by atoms with van der Waals surface area (Å²) >= 11 is 0. The van der Waals surface area contributed by atoms with Gasteiger partial charge in [-0.1, -0.05) is 44.2 Å². The molecule has 1 aliphatic carbocycles. The predicted molar refractivity (Wildman–Crippen MR) is 51.8 cm³/mol. The van der Waals surface area contributed by atoms with Crippen LogP contribution in [-0.2, 0) is 0 Å². The van der Waals surface area contributed by atoms with Gasteiger partial charge in [0.05, 0.1) is 5.82 Å². The van der Waals surface area contributed by atoms with Crippen molar-refractivity contribution in [2.75, 3.05) is 0 Å². The van der Waals surface area contributed by atoms with Crippen LogP contribution in [0.2, 0.25) is 0 Å². The molecule has 0 unspecified atom stereocenters. The molecular weight excluding hydrogens is 401 g/mol. The maximum atomic E-state index is 12.6. The van der Waals surface area contributed by atoms with Crippen molar-refractivity contribution in [3.63, 3.8) is 0 Å². The summed E-state index contributed by atoms with van der Waals surface area (Å²) in [5, 5.41) is 0. The fourth-order valence-electron chi connectivity index (χ4n) is 1.95. The predicted octanol–water partition coefficient (Wildman–Crippen LogP) is 3.71. The van der Waals surface area contributed by atoms with Crippen LogP contribution in [0.25, 0.3) is 0 Å². The summed E-state index contributed by atoms with van der Waals surface area (Å²) in [5.74, 6) is 1.37. The van der Waals surface area contributed by atoms with Crippen LogP contribution in [-0.4, -0.2) is 0 Å². The fraction of sp³-hybridized carbons (Fsp3) is 0.417. The zero-order valence-electron chi connectivity index (χ0n) is 8.22. The van der Waals surface area contributed by atoms with E-state index in [-0.39, 0.29) is 36.9 Å². The van der Waals surface area contributed by atoms with E-state index in [0.29, 0.717) is 0 Å². The van der Waals surface area contributed by atoms with Crippen LogP contribution in [0.5, 0.6) is 0 Å². The third-order valence-electron chi connectivity index (χ3n) is 2.71. The Morgan fingerprint density at radius 1 is 0.929 bits per heavy atom. The van der Waals surface area contributed by atoms with Crippen LogP contribution in [0.1, 0.15) is 37.7 Å². The average molecular weight is 415 g/mol. The Labute approximate surface area is 109 Å². The fourth-order valence-corrected chi connectivity index (χ4v) is 1.95. The van der Waals surface area contributed by atoms with Crippen molar-refractivity contribution in [2.24, 2.45) is 0 Å². The van der Waals surface area contributed by atoms with Crippen molar-refractivity contribution in [2.45, 2.75) is 32.1 Å². The SMILES string of the molecule is Fc1ccc([C-]2CCCCC2)cc1.[U]. The van der Waals surface area contributed by atoms with E-state index in [4.69, 9.17) is 0 Å². The Kier molecular flexibility index (Phi) is 5.06. The molecule has 14 heavy (non-hydrogen) atoms. The molecule has 0 aliphatic heterocycles. The van der Waals surface area contributed by atoms with Crippen LogP contribution < -0.4 is 0 Å². The van der Waals surface area contributed by atoms with Gasteiger partial charge in [0.1, 0.15) is 0 Å². The molecule has 1 aromatic carbocycles. The van der Waals surface area contributed by atoms with Crippen molar-refractivity contribution in [3.8, 4) is 0 Å². The van der Waals surface area contributed by atoms with E-state index in [1.165, 1.54) is 43.6 Å². The van der Waals surface area contributed by atoms with E-state index in [2.05, 4.69) is 0 Å². The Morgan fingerprint density at radius 3 is 2.07 bits per heavy atom. The molecular formula is C12H14FU-. The molecule has 1 aromatic rings. The van der Waals surface area contributed by atoms with Crippen molar-refractivity contribution in [1.29, 1.82) is 0 Å². The minimum atomic E-state index is -0.139. The molecule has 0 spiro atoms. The Morgan fingerprint density at radius 2 is 1.50 bits per heavy atom. The summed E-state index contributed by atoms with van der Waals surface area (Å²) in [4.78, 5) is 0. The van der Waals surface area contributed by atoms with Gasteiger partial charge in [0.15, 0.2) is 0 Å². The molecule has 0 amide bonds. The molecule has 74 valence electrons. The Hall–Kier alpha value is 0.0719. The van der Waals surface area contributed by atoms with Gasteiger partial charge in [-0.05, 0) is 0 Å². The van der Waals surface area contributed by atoms with Gasteiger partial charge in [-0.15, -0.1) is 0 Å². The van der Waals surface area contributed by atoms with Gasteiger partial charge >= 0.3 is 0 Å². The van der Waals surface area contributed by atoms with Gasteiger partial charge in [0.25, 0.3) is 0 Å². The maximum Gasteiger partial charge on any atom is 0.0987 e. The molecule has 1 saturated carbocycles. The first-order valence-electron chi connectivity index (χ1n) is 4.97. The molecule has 1 fully saturated rings. The number of benzene rings is 1. The minimum Gasteiger partial charge on any atom is -0.209 e. The van der Waals surface area contributed by atoms with Gasteiger partial charge in [-0.2, -0.15) is 23.6 Å². The van der Waals surface area contributed by atoms with Crippen molar-refractivity contribution in [3.05, 3.63) is 41.6 Å². The maximum absolute atomic E-state index is 12.6. The van der Waals surface area contributed by atoms with Crippen LogP contribution in [0.15, 0.2) is 24.3 Å². The second kappa shape index (κ2) is 5.83. The normalized spacial score (nSPS) is 16.2. The quantitative estimate of drug-likeness (QED) is 0.614. The smallest absolute Gasteiger partial charge is 0.0987 e. The minimum absolute atomic E-state index is 0. The molecule has 0 N–H and O–H groups in total. The van der Waals surface area contributed by atoms with E-state index in [1.54, 1.807) is 12.1 Å². The van der Waals surface area contributed by atoms with Crippen LogP contribution in [0.3, 0.4) is 0 Å². The molecule has 1 aliphatic rings. The molecule has 0 atom stereocenters. The molecule has 2 heteroatoms. The van der Waals surface area contributed by atoms with E-state index < -0.39 is 0 Å². The standard InChI is InChI=1S/C12H14F.U/c13-12-8-6-11(7-9-12)10-4-2-1-3-5-10;/h6-9H,1-5H2;/q-1;. The Bertz CT molecular complexity index is 262. The Balaban J connectivity index is 0.000000980. The number of hydrogen-bond donors (Lipinski definition) is 0. The molecule has 0 radical (unpaired) electrons. The summed E-state index contributed by atoms with van der Waals surface area (Å²) in [6.07, 6.45) is 6.35. The number of hydrogen-bond acceptors (Lipinski definition) is 0. The van der Waals surface area contributed by atoms with Gasteiger partial charge in [-0.25, -0.2) is 4.39 Å². The van der Waals surface area contributed by atoms with Gasteiger partial charge in [0, 0.05) is 31.1 Å². The number of rotatable bonds is 1. The van der Waals surface area contributed by atoms with Crippen molar-refractivity contribution < 1.29 is 35.5 Å². The summed E-state index contributed by atoms with van der Waals surface area (Å²) < 4.78 is 12.6. The largest absolute Gasteiger partial charge is 0.209 e. The molecule has 0 nitrogen and oxygen atoms in total. The average Bonchev–Trinajstić information content (AvgIpc) is 2.20. The molecule has 2 rings (SSSR count). The van der Waals surface area contributed by atoms with Crippen molar-refractivity contribution >= 4 is 0 Å². The third-order valence-corrected chi connectivity index (χ3v) is 2.71. The number of halogens is 1. The van der Waals surface area contributed by atoms with Gasteiger partial charge < -0.3 is 0 Å². The van der Waals surface area contributed by atoms with Crippen LogP contribution >= 0.6 is 0 Å². The zero-order valence-corrected chi connectivity index (χ0v) is 12.4. The first kappa shape index (κ1) is 12.1. The first-order chi connectivity index (χ1) is 6.36. The summed E-state index contributed by atoms with van der Waals surface area (Å²) in [6, 6.07) is 6.90. The monoisotopic (exact) mass is 415 g/mol. The van der Waals surface area contributed by atoms with E-state index in [0.717, 1.165) is 0 Å². The van der Waals surface area contributed by atoms with E-state index >= 15 is 0 Å². The van der Waals surface area contributed by atoms with Crippen molar-refractivity contribution in [1.82, 2.24) is 0 Å². The molecule has 0 heterocycles. The second-order valence-electron chi connectivity index (χ2n) is 3.67. The van der Waals surface area contributed by atoms with Gasteiger partial charge in [-0.3, -0.25) is 0 Å². The van der Waals surface area contributed by atoms with Crippen LogP contribution in [0.4, 0.5) is 4.39 Å². The first-order valence-corrected chi connectivity index (χ1v) is 4.97. The molecule has 0 saturated heterocycles. The summed E-state index contributed by atoms with van der Waals surface area (Å²) in [5.41, 5.74) is 1.24. The summed E-state index contributed by atoms with van der Waals surface area (Å²) in [7, 11) is 0. The topological polar surface area (TPSA) is 0 Å². The third kappa shape index (κ3) is 3.04. The van der Waals surface area contributed by atoms with E-state index in [9.17, 15) is 4.39 Å². The molecule has 0 aromatic heterocycles. The zero-order chi connectivity index (χ0) is 9.10.